The zero-order valence-corrected chi connectivity index (χ0v) is 15.3. The lowest BCUT2D eigenvalue weighted by atomic mass is 9.92. The van der Waals surface area contributed by atoms with E-state index < -0.39 is 0 Å². The number of aryl methyl sites for hydroxylation is 1. The average molecular weight is 380 g/mol. The molecule has 0 spiro atoms. The topological polar surface area (TPSA) is 66.6 Å². The van der Waals surface area contributed by atoms with Gasteiger partial charge in [-0.2, -0.15) is 0 Å². The number of nitrogens with zero attached hydrogens (tertiary/aromatic N) is 2. The number of aromatic nitrogens is 1. The summed E-state index contributed by atoms with van der Waals surface area (Å²) in [5, 5.41) is 9.84. The minimum atomic E-state index is -0.376. The summed E-state index contributed by atoms with van der Waals surface area (Å²) in [7, 11) is 0. The Morgan fingerprint density at radius 2 is 2.00 bits per heavy atom. The van der Waals surface area contributed by atoms with Crippen LogP contribution in [0, 0.1) is 5.82 Å². The molecule has 1 aromatic heterocycles. The molecule has 1 amide bonds. The quantitative estimate of drug-likeness (QED) is 0.735. The van der Waals surface area contributed by atoms with Crippen LogP contribution < -0.4 is 0 Å². The highest BCUT2D eigenvalue weighted by Crippen LogP contribution is 2.30. The fraction of sp³-hybridized carbons (Fsp3) is 0.273. The molecule has 4 rings (SSSR count). The van der Waals surface area contributed by atoms with Crippen molar-refractivity contribution in [3.63, 3.8) is 0 Å². The van der Waals surface area contributed by atoms with Crippen molar-refractivity contribution in [2.24, 2.45) is 0 Å². The summed E-state index contributed by atoms with van der Waals surface area (Å²) >= 11 is 0. The van der Waals surface area contributed by atoms with E-state index in [9.17, 15) is 14.3 Å². The van der Waals surface area contributed by atoms with E-state index in [2.05, 4.69) is 4.98 Å². The first-order valence-corrected chi connectivity index (χ1v) is 9.35. The monoisotopic (exact) mass is 380 g/mol. The zero-order valence-electron chi connectivity index (χ0n) is 15.3. The summed E-state index contributed by atoms with van der Waals surface area (Å²) in [6, 6.07) is 13.9. The van der Waals surface area contributed by atoms with E-state index >= 15 is 0 Å². The SMILES string of the molecule is O=C(CCc1ncc(-c2ccccc2F)o1)N1CCc2ccccc2C1CO. The Morgan fingerprint density at radius 3 is 2.82 bits per heavy atom. The van der Waals surface area contributed by atoms with Crippen LogP contribution in [0.1, 0.15) is 29.5 Å². The van der Waals surface area contributed by atoms with Gasteiger partial charge in [0.2, 0.25) is 5.91 Å². The Kier molecular flexibility index (Phi) is 5.21. The predicted octanol–water partition coefficient (Wildman–Crippen LogP) is 3.53. The molecule has 0 saturated carbocycles. The molecule has 144 valence electrons. The average Bonchev–Trinajstić information content (AvgIpc) is 3.20. The van der Waals surface area contributed by atoms with Crippen LogP contribution in [0.2, 0.25) is 0 Å². The number of rotatable bonds is 5. The minimum Gasteiger partial charge on any atom is -0.441 e. The van der Waals surface area contributed by atoms with Gasteiger partial charge in [0.15, 0.2) is 11.7 Å². The van der Waals surface area contributed by atoms with Crippen LogP contribution in [0.3, 0.4) is 0 Å². The lowest BCUT2D eigenvalue weighted by Gasteiger charge is -2.36. The van der Waals surface area contributed by atoms with Crippen LogP contribution in [-0.2, 0) is 17.6 Å². The van der Waals surface area contributed by atoms with E-state index in [4.69, 9.17) is 4.42 Å². The number of amides is 1. The molecule has 0 saturated heterocycles. The molecule has 0 bridgehead atoms. The largest absolute Gasteiger partial charge is 0.441 e. The Morgan fingerprint density at radius 1 is 1.21 bits per heavy atom. The lowest BCUT2D eigenvalue weighted by molar-refractivity contribution is -0.135. The summed E-state index contributed by atoms with van der Waals surface area (Å²) in [6.07, 6.45) is 2.79. The van der Waals surface area contributed by atoms with Gasteiger partial charge in [-0.15, -0.1) is 0 Å². The first-order valence-electron chi connectivity index (χ1n) is 9.35. The number of hydrogen-bond acceptors (Lipinski definition) is 4. The van der Waals surface area contributed by atoms with Crippen molar-refractivity contribution in [3.05, 3.63) is 77.6 Å². The predicted molar refractivity (Wildman–Crippen MR) is 102 cm³/mol. The molecule has 1 unspecified atom stereocenters. The molecule has 1 aliphatic heterocycles. The second-order valence-corrected chi connectivity index (χ2v) is 6.83. The van der Waals surface area contributed by atoms with E-state index in [-0.39, 0.29) is 30.8 Å². The molecular formula is C22H21FN2O3. The van der Waals surface area contributed by atoms with Gasteiger partial charge in [-0.3, -0.25) is 4.79 Å². The van der Waals surface area contributed by atoms with Crippen LogP contribution in [0.5, 0.6) is 0 Å². The van der Waals surface area contributed by atoms with Crippen molar-refractivity contribution in [2.45, 2.75) is 25.3 Å². The fourth-order valence-electron chi connectivity index (χ4n) is 3.72. The number of oxazole rings is 1. The molecule has 6 heteroatoms. The zero-order chi connectivity index (χ0) is 19.5. The molecule has 1 atom stereocenters. The Labute approximate surface area is 162 Å². The number of aliphatic hydroxyl groups is 1. The molecule has 5 nitrogen and oxygen atoms in total. The fourth-order valence-corrected chi connectivity index (χ4v) is 3.72. The highest BCUT2D eigenvalue weighted by atomic mass is 19.1. The van der Waals surface area contributed by atoms with Crippen molar-refractivity contribution >= 4 is 5.91 Å². The van der Waals surface area contributed by atoms with Crippen molar-refractivity contribution in [3.8, 4) is 11.3 Å². The highest BCUT2D eigenvalue weighted by Gasteiger charge is 2.29. The first-order chi connectivity index (χ1) is 13.7. The van der Waals surface area contributed by atoms with Gasteiger partial charge in [0, 0.05) is 19.4 Å². The van der Waals surface area contributed by atoms with Gasteiger partial charge in [-0.05, 0) is 29.7 Å². The van der Waals surface area contributed by atoms with Gasteiger partial charge in [-0.25, -0.2) is 9.37 Å². The molecule has 0 aliphatic carbocycles. The lowest BCUT2D eigenvalue weighted by Crippen LogP contribution is -2.41. The van der Waals surface area contributed by atoms with Gasteiger partial charge >= 0.3 is 0 Å². The van der Waals surface area contributed by atoms with Crippen LogP contribution in [0.4, 0.5) is 4.39 Å². The van der Waals surface area contributed by atoms with Crippen LogP contribution in [0.15, 0.2) is 59.1 Å². The molecule has 2 aromatic carbocycles. The highest BCUT2D eigenvalue weighted by molar-refractivity contribution is 5.77. The van der Waals surface area contributed by atoms with E-state index in [1.807, 2.05) is 24.3 Å². The molecule has 0 fully saturated rings. The van der Waals surface area contributed by atoms with E-state index in [1.54, 1.807) is 23.1 Å². The second kappa shape index (κ2) is 7.94. The van der Waals surface area contributed by atoms with Crippen LogP contribution in [-0.4, -0.2) is 34.0 Å². The standard InChI is InChI=1S/C22H21FN2O3/c23-18-8-4-3-7-17(18)20-13-24-21(28-20)9-10-22(27)25-12-11-15-5-1-2-6-16(15)19(25)14-26/h1-8,13,19,26H,9-12,14H2. The maximum Gasteiger partial charge on any atom is 0.223 e. The smallest absolute Gasteiger partial charge is 0.223 e. The number of benzene rings is 2. The third-order valence-electron chi connectivity index (χ3n) is 5.15. The molecule has 0 radical (unpaired) electrons. The van der Waals surface area contributed by atoms with Gasteiger partial charge in [0.25, 0.3) is 0 Å². The number of carbonyl (C=O) groups is 1. The van der Waals surface area contributed by atoms with Gasteiger partial charge in [0.1, 0.15) is 5.82 Å². The van der Waals surface area contributed by atoms with Crippen molar-refractivity contribution < 1.29 is 18.7 Å². The molecule has 1 aliphatic rings. The summed E-state index contributed by atoms with van der Waals surface area (Å²) in [4.78, 5) is 18.7. The Hall–Kier alpha value is -2.99. The minimum absolute atomic E-state index is 0.0563. The Bertz CT molecular complexity index is 985. The molecule has 3 aromatic rings. The van der Waals surface area contributed by atoms with Gasteiger partial charge in [-0.1, -0.05) is 36.4 Å². The van der Waals surface area contributed by atoms with E-state index in [0.29, 0.717) is 30.2 Å². The number of hydrogen-bond donors (Lipinski definition) is 1. The summed E-state index contributed by atoms with van der Waals surface area (Å²) in [6.45, 7) is 0.465. The van der Waals surface area contributed by atoms with E-state index in [1.165, 1.54) is 17.8 Å². The van der Waals surface area contributed by atoms with Crippen molar-refractivity contribution in [2.75, 3.05) is 13.2 Å². The van der Waals surface area contributed by atoms with Gasteiger partial charge in [0.05, 0.1) is 24.4 Å². The Balaban J connectivity index is 1.43. The molecule has 28 heavy (non-hydrogen) atoms. The third kappa shape index (κ3) is 3.55. The number of carbonyl (C=O) groups excluding carboxylic acids is 1. The second-order valence-electron chi connectivity index (χ2n) is 6.83. The summed E-state index contributed by atoms with van der Waals surface area (Å²) < 4.78 is 19.5. The number of aliphatic hydroxyl groups excluding tert-OH is 1. The summed E-state index contributed by atoms with van der Waals surface area (Å²) in [5.74, 6) is 0.309. The third-order valence-corrected chi connectivity index (χ3v) is 5.15. The van der Waals surface area contributed by atoms with Gasteiger partial charge < -0.3 is 14.4 Å². The maximum atomic E-state index is 13.9. The number of halogens is 1. The normalized spacial score (nSPS) is 16.1. The number of fused-ring (bicyclic) bond motifs is 1. The molecular weight excluding hydrogens is 359 g/mol. The van der Waals surface area contributed by atoms with Crippen LogP contribution in [0.25, 0.3) is 11.3 Å². The summed E-state index contributed by atoms with van der Waals surface area (Å²) in [5.41, 5.74) is 2.52. The molecule has 1 N–H and O–H groups in total. The first kappa shape index (κ1) is 18.4. The van der Waals surface area contributed by atoms with E-state index in [0.717, 1.165) is 12.0 Å². The maximum absolute atomic E-state index is 13.9. The van der Waals surface area contributed by atoms with Crippen molar-refractivity contribution in [1.82, 2.24) is 9.88 Å². The molecule has 2 heterocycles. The van der Waals surface area contributed by atoms with Crippen LogP contribution >= 0.6 is 0 Å². The van der Waals surface area contributed by atoms with Crippen molar-refractivity contribution in [1.29, 1.82) is 0 Å².